The fourth-order valence-electron chi connectivity index (χ4n) is 2.72. The first-order valence-electron chi connectivity index (χ1n) is 9.05. The minimum atomic E-state index is -0.289. The Hall–Kier alpha value is -3.18. The first-order chi connectivity index (χ1) is 13.6. The van der Waals surface area contributed by atoms with E-state index in [2.05, 4.69) is 17.4 Å². The van der Waals surface area contributed by atoms with Gasteiger partial charge in [0.15, 0.2) is 5.11 Å². The molecule has 0 heterocycles. The standard InChI is InChI=1S/C23H22N2O2S/c1-25(19-12-6-3-7-13-19)23(28)24-22(26)20-14-8-9-15-21(20)27-17-16-18-10-4-2-5-11-18/h2-15H,16-17H2,1H3,(H,24,26,28). The van der Waals surface area contributed by atoms with Gasteiger partial charge in [-0.05, 0) is 42.0 Å². The zero-order valence-corrected chi connectivity index (χ0v) is 16.5. The van der Waals surface area contributed by atoms with Crippen LogP contribution >= 0.6 is 12.2 Å². The number of hydrogen-bond acceptors (Lipinski definition) is 3. The molecule has 0 aliphatic carbocycles. The third-order valence-corrected chi connectivity index (χ3v) is 4.67. The smallest absolute Gasteiger partial charge is 0.261 e. The summed E-state index contributed by atoms with van der Waals surface area (Å²) in [4.78, 5) is 14.5. The maximum Gasteiger partial charge on any atom is 0.261 e. The molecule has 4 nitrogen and oxygen atoms in total. The molecule has 0 radical (unpaired) electrons. The summed E-state index contributed by atoms with van der Waals surface area (Å²) < 4.78 is 5.87. The molecule has 0 saturated heterocycles. The van der Waals surface area contributed by atoms with E-state index in [0.29, 0.717) is 23.0 Å². The Morgan fingerprint density at radius 2 is 1.54 bits per heavy atom. The number of carbonyl (C=O) groups is 1. The number of amides is 1. The van der Waals surface area contributed by atoms with E-state index < -0.39 is 0 Å². The second kappa shape index (κ2) is 9.67. The Labute approximate surface area is 170 Å². The van der Waals surface area contributed by atoms with Gasteiger partial charge < -0.3 is 9.64 Å². The molecule has 28 heavy (non-hydrogen) atoms. The molecule has 0 unspecified atom stereocenters. The predicted octanol–water partition coefficient (Wildman–Crippen LogP) is 4.46. The number of thiocarbonyl (C=S) groups is 1. The molecule has 0 aliphatic heterocycles. The number of nitrogens with one attached hydrogen (secondary N) is 1. The van der Waals surface area contributed by atoms with E-state index in [1.807, 2.05) is 67.7 Å². The van der Waals surface area contributed by atoms with Crippen molar-refractivity contribution in [2.75, 3.05) is 18.6 Å². The van der Waals surface area contributed by atoms with E-state index in [4.69, 9.17) is 17.0 Å². The van der Waals surface area contributed by atoms with Crippen LogP contribution in [0.15, 0.2) is 84.9 Å². The highest BCUT2D eigenvalue weighted by Crippen LogP contribution is 2.19. The Bertz CT molecular complexity index is 930. The Morgan fingerprint density at radius 3 is 2.25 bits per heavy atom. The summed E-state index contributed by atoms with van der Waals surface area (Å²) >= 11 is 5.38. The van der Waals surface area contributed by atoms with Gasteiger partial charge in [0.25, 0.3) is 5.91 Å². The number of ether oxygens (including phenoxy) is 1. The molecular formula is C23H22N2O2S. The first kappa shape index (κ1) is 19.6. The second-order valence-corrected chi connectivity index (χ2v) is 6.62. The van der Waals surface area contributed by atoms with Crippen molar-refractivity contribution >= 4 is 28.9 Å². The fourth-order valence-corrected chi connectivity index (χ4v) is 2.92. The van der Waals surface area contributed by atoms with E-state index in [9.17, 15) is 4.79 Å². The van der Waals surface area contributed by atoms with Gasteiger partial charge in [-0.2, -0.15) is 0 Å². The molecular weight excluding hydrogens is 368 g/mol. The molecule has 3 aromatic rings. The number of rotatable bonds is 6. The SMILES string of the molecule is CN(C(=S)NC(=O)c1ccccc1OCCc1ccccc1)c1ccccc1. The summed E-state index contributed by atoms with van der Waals surface area (Å²) in [5.74, 6) is 0.254. The lowest BCUT2D eigenvalue weighted by molar-refractivity contribution is 0.0973. The van der Waals surface area contributed by atoms with Crippen LogP contribution in [0.25, 0.3) is 0 Å². The summed E-state index contributed by atoms with van der Waals surface area (Å²) in [5.41, 5.74) is 2.55. The second-order valence-electron chi connectivity index (χ2n) is 6.23. The number of nitrogens with zero attached hydrogens (tertiary/aromatic N) is 1. The highest BCUT2D eigenvalue weighted by atomic mass is 32.1. The number of hydrogen-bond donors (Lipinski definition) is 1. The van der Waals surface area contributed by atoms with Crippen LogP contribution in [0.4, 0.5) is 5.69 Å². The zero-order chi connectivity index (χ0) is 19.8. The zero-order valence-electron chi connectivity index (χ0n) is 15.7. The third kappa shape index (κ3) is 5.18. The van der Waals surface area contributed by atoms with E-state index >= 15 is 0 Å². The maximum atomic E-state index is 12.7. The fraction of sp³-hybridized carbons (Fsp3) is 0.130. The average molecular weight is 391 g/mol. The van der Waals surface area contributed by atoms with Crippen molar-refractivity contribution in [3.05, 3.63) is 96.1 Å². The topological polar surface area (TPSA) is 41.6 Å². The molecule has 3 rings (SSSR count). The molecule has 0 atom stereocenters. The van der Waals surface area contributed by atoms with Crippen molar-refractivity contribution in [2.45, 2.75) is 6.42 Å². The van der Waals surface area contributed by atoms with Crippen LogP contribution in [0, 0.1) is 0 Å². The van der Waals surface area contributed by atoms with Crippen LogP contribution in [-0.2, 0) is 6.42 Å². The Kier molecular flexibility index (Phi) is 6.76. The molecule has 1 N–H and O–H groups in total. The van der Waals surface area contributed by atoms with E-state index in [1.165, 1.54) is 5.56 Å². The lowest BCUT2D eigenvalue weighted by Crippen LogP contribution is -2.40. The van der Waals surface area contributed by atoms with Crippen molar-refractivity contribution in [3.63, 3.8) is 0 Å². The van der Waals surface area contributed by atoms with Gasteiger partial charge in [-0.1, -0.05) is 60.7 Å². The molecule has 0 saturated carbocycles. The van der Waals surface area contributed by atoms with Crippen molar-refractivity contribution in [1.29, 1.82) is 0 Å². The minimum absolute atomic E-state index is 0.289. The van der Waals surface area contributed by atoms with Crippen molar-refractivity contribution < 1.29 is 9.53 Å². The van der Waals surface area contributed by atoms with Gasteiger partial charge in [-0.15, -0.1) is 0 Å². The summed E-state index contributed by atoms with van der Waals surface area (Å²) in [6.45, 7) is 0.489. The van der Waals surface area contributed by atoms with Gasteiger partial charge in [0, 0.05) is 19.2 Å². The van der Waals surface area contributed by atoms with E-state index in [-0.39, 0.29) is 5.91 Å². The molecule has 1 amide bonds. The molecule has 5 heteroatoms. The van der Waals surface area contributed by atoms with Crippen molar-refractivity contribution in [3.8, 4) is 5.75 Å². The number of anilines is 1. The summed E-state index contributed by atoms with van der Waals surface area (Å²) in [6.07, 6.45) is 0.770. The Balaban J connectivity index is 1.62. The van der Waals surface area contributed by atoms with Crippen LogP contribution in [0.2, 0.25) is 0 Å². The van der Waals surface area contributed by atoms with Crippen molar-refractivity contribution in [1.82, 2.24) is 5.32 Å². The molecule has 0 spiro atoms. The molecule has 0 fully saturated rings. The van der Waals surface area contributed by atoms with Crippen LogP contribution < -0.4 is 15.0 Å². The molecule has 142 valence electrons. The van der Waals surface area contributed by atoms with Crippen LogP contribution in [-0.4, -0.2) is 24.7 Å². The third-order valence-electron chi connectivity index (χ3n) is 4.29. The maximum absolute atomic E-state index is 12.7. The normalized spacial score (nSPS) is 10.2. The molecule has 3 aromatic carbocycles. The van der Waals surface area contributed by atoms with Gasteiger partial charge in [0.05, 0.1) is 12.2 Å². The van der Waals surface area contributed by atoms with Crippen molar-refractivity contribution in [2.24, 2.45) is 0 Å². The largest absolute Gasteiger partial charge is 0.492 e. The highest BCUT2D eigenvalue weighted by Gasteiger charge is 2.16. The number of benzene rings is 3. The average Bonchev–Trinajstić information content (AvgIpc) is 2.75. The van der Waals surface area contributed by atoms with Gasteiger partial charge in [-0.25, -0.2) is 0 Å². The highest BCUT2D eigenvalue weighted by molar-refractivity contribution is 7.80. The lowest BCUT2D eigenvalue weighted by atomic mass is 10.1. The van der Waals surface area contributed by atoms with Gasteiger partial charge in [-0.3, -0.25) is 10.1 Å². The first-order valence-corrected chi connectivity index (χ1v) is 9.46. The molecule has 0 aromatic heterocycles. The predicted molar refractivity (Wildman–Crippen MR) is 117 cm³/mol. The number of para-hydroxylation sites is 2. The quantitative estimate of drug-likeness (QED) is 0.631. The lowest BCUT2D eigenvalue weighted by Gasteiger charge is -2.21. The Morgan fingerprint density at radius 1 is 0.929 bits per heavy atom. The van der Waals surface area contributed by atoms with Gasteiger partial charge in [0.1, 0.15) is 5.75 Å². The monoisotopic (exact) mass is 390 g/mol. The molecule has 0 aliphatic rings. The van der Waals surface area contributed by atoms with Gasteiger partial charge in [0.2, 0.25) is 0 Å². The van der Waals surface area contributed by atoms with E-state index in [1.54, 1.807) is 17.0 Å². The van der Waals surface area contributed by atoms with Crippen LogP contribution in [0.1, 0.15) is 15.9 Å². The summed E-state index contributed by atoms with van der Waals surface area (Å²) in [5, 5.41) is 3.11. The van der Waals surface area contributed by atoms with Crippen LogP contribution in [0.3, 0.4) is 0 Å². The number of carbonyl (C=O) groups excluding carboxylic acids is 1. The molecule has 0 bridgehead atoms. The summed E-state index contributed by atoms with van der Waals surface area (Å²) in [6, 6.07) is 26.9. The van der Waals surface area contributed by atoms with E-state index in [0.717, 1.165) is 12.1 Å². The van der Waals surface area contributed by atoms with Gasteiger partial charge >= 0.3 is 0 Å². The summed E-state index contributed by atoms with van der Waals surface area (Å²) in [7, 11) is 1.82. The minimum Gasteiger partial charge on any atom is -0.492 e. The van der Waals surface area contributed by atoms with Crippen LogP contribution in [0.5, 0.6) is 5.75 Å².